The molecule has 3 nitrogen and oxygen atoms in total. The van der Waals surface area contributed by atoms with Crippen LogP contribution in [0.25, 0.3) is 0 Å². The number of carbonyl (C=O) groups excluding carboxylic acids is 2. The Morgan fingerprint density at radius 2 is 1.83 bits per heavy atom. The highest BCUT2D eigenvalue weighted by molar-refractivity contribution is 6.06. The Morgan fingerprint density at radius 1 is 1.22 bits per heavy atom. The smallest absolute Gasteiger partial charge is 0.234 e. The molecule has 0 fully saturated rings. The van der Waals surface area contributed by atoms with Crippen LogP contribution in [0.5, 0.6) is 0 Å². The van der Waals surface area contributed by atoms with Gasteiger partial charge in [0.15, 0.2) is 0 Å². The SMILES string of the molecule is CCCC[C@@H](C(C)=O)C(=O)Nc1ccc(C)cc1. The van der Waals surface area contributed by atoms with Gasteiger partial charge in [0.25, 0.3) is 0 Å². The first-order valence-electron chi connectivity index (χ1n) is 6.42. The fourth-order valence-electron chi connectivity index (χ4n) is 1.79. The summed E-state index contributed by atoms with van der Waals surface area (Å²) >= 11 is 0. The lowest BCUT2D eigenvalue weighted by atomic mass is 9.97. The Morgan fingerprint density at radius 3 is 2.33 bits per heavy atom. The zero-order valence-corrected chi connectivity index (χ0v) is 11.3. The van der Waals surface area contributed by atoms with E-state index in [9.17, 15) is 9.59 Å². The summed E-state index contributed by atoms with van der Waals surface area (Å²) in [4.78, 5) is 23.5. The average Bonchev–Trinajstić information content (AvgIpc) is 2.32. The number of rotatable bonds is 6. The molecule has 0 heterocycles. The Balaban J connectivity index is 2.66. The van der Waals surface area contributed by atoms with Gasteiger partial charge in [-0.25, -0.2) is 0 Å². The van der Waals surface area contributed by atoms with E-state index in [0.717, 1.165) is 24.1 Å². The van der Waals surface area contributed by atoms with E-state index in [1.54, 1.807) is 0 Å². The minimum absolute atomic E-state index is 0.0620. The highest BCUT2D eigenvalue weighted by Gasteiger charge is 2.22. The maximum atomic E-state index is 12.0. The predicted octanol–water partition coefficient (Wildman–Crippen LogP) is 3.33. The number of amides is 1. The number of aryl methyl sites for hydroxylation is 1. The first-order chi connectivity index (χ1) is 8.54. The monoisotopic (exact) mass is 247 g/mol. The quantitative estimate of drug-likeness (QED) is 0.784. The molecule has 0 saturated heterocycles. The zero-order chi connectivity index (χ0) is 13.5. The molecular formula is C15H21NO2. The van der Waals surface area contributed by atoms with Crippen LogP contribution in [-0.2, 0) is 9.59 Å². The van der Waals surface area contributed by atoms with Crippen molar-refractivity contribution in [1.29, 1.82) is 0 Å². The summed E-state index contributed by atoms with van der Waals surface area (Å²) < 4.78 is 0. The lowest BCUT2D eigenvalue weighted by Gasteiger charge is -2.13. The minimum atomic E-state index is -0.522. The van der Waals surface area contributed by atoms with Gasteiger partial charge in [-0.2, -0.15) is 0 Å². The molecule has 0 aliphatic heterocycles. The van der Waals surface area contributed by atoms with Crippen LogP contribution in [0.4, 0.5) is 5.69 Å². The van der Waals surface area contributed by atoms with Crippen molar-refractivity contribution in [3.05, 3.63) is 29.8 Å². The van der Waals surface area contributed by atoms with Crippen LogP contribution in [0.15, 0.2) is 24.3 Å². The summed E-state index contributed by atoms with van der Waals surface area (Å²) in [6.45, 7) is 5.52. The molecule has 0 aromatic heterocycles. The fourth-order valence-corrected chi connectivity index (χ4v) is 1.79. The second-order valence-electron chi connectivity index (χ2n) is 4.66. The average molecular weight is 247 g/mol. The second kappa shape index (κ2) is 6.94. The molecule has 1 aromatic carbocycles. The zero-order valence-electron chi connectivity index (χ0n) is 11.3. The number of nitrogens with one attached hydrogen (secondary N) is 1. The van der Waals surface area contributed by atoms with E-state index in [2.05, 4.69) is 12.2 Å². The van der Waals surface area contributed by atoms with Crippen molar-refractivity contribution < 1.29 is 9.59 Å². The van der Waals surface area contributed by atoms with Crippen LogP contribution in [0.1, 0.15) is 38.7 Å². The van der Waals surface area contributed by atoms with Gasteiger partial charge in [0.1, 0.15) is 5.78 Å². The van der Waals surface area contributed by atoms with Gasteiger partial charge in [0.2, 0.25) is 5.91 Å². The third-order valence-corrected chi connectivity index (χ3v) is 2.97. The third-order valence-electron chi connectivity index (χ3n) is 2.97. The molecule has 0 radical (unpaired) electrons. The molecule has 1 rings (SSSR count). The van der Waals surface area contributed by atoms with Crippen molar-refractivity contribution >= 4 is 17.4 Å². The van der Waals surface area contributed by atoms with Gasteiger partial charge in [0.05, 0.1) is 5.92 Å². The van der Waals surface area contributed by atoms with Crippen molar-refractivity contribution in [2.24, 2.45) is 5.92 Å². The van der Waals surface area contributed by atoms with Crippen molar-refractivity contribution in [3.63, 3.8) is 0 Å². The summed E-state index contributed by atoms with van der Waals surface area (Å²) in [5, 5.41) is 2.80. The Labute approximate surface area is 109 Å². The van der Waals surface area contributed by atoms with Gasteiger partial charge in [-0.1, -0.05) is 37.5 Å². The summed E-state index contributed by atoms with van der Waals surface area (Å²) in [6.07, 6.45) is 2.51. The molecule has 0 spiro atoms. The number of unbranched alkanes of at least 4 members (excludes halogenated alkanes) is 1. The normalized spacial score (nSPS) is 11.9. The van der Waals surface area contributed by atoms with Crippen molar-refractivity contribution in [3.8, 4) is 0 Å². The molecule has 0 aliphatic carbocycles. The molecule has 18 heavy (non-hydrogen) atoms. The minimum Gasteiger partial charge on any atom is -0.325 e. The maximum absolute atomic E-state index is 12.0. The molecule has 0 bridgehead atoms. The van der Waals surface area contributed by atoms with Crippen LogP contribution in [0, 0.1) is 12.8 Å². The fraction of sp³-hybridized carbons (Fsp3) is 0.467. The molecule has 1 N–H and O–H groups in total. The third kappa shape index (κ3) is 4.32. The van der Waals surface area contributed by atoms with Gasteiger partial charge in [-0.3, -0.25) is 9.59 Å². The lowest BCUT2D eigenvalue weighted by Crippen LogP contribution is -2.28. The number of ketones is 1. The number of hydrogen-bond acceptors (Lipinski definition) is 2. The van der Waals surface area contributed by atoms with Gasteiger partial charge in [-0.15, -0.1) is 0 Å². The first-order valence-corrected chi connectivity index (χ1v) is 6.42. The lowest BCUT2D eigenvalue weighted by molar-refractivity contribution is -0.130. The van der Waals surface area contributed by atoms with Crippen molar-refractivity contribution in [1.82, 2.24) is 0 Å². The molecule has 0 saturated carbocycles. The van der Waals surface area contributed by atoms with E-state index in [1.165, 1.54) is 6.92 Å². The standard InChI is InChI=1S/C15H21NO2/c1-4-5-6-14(12(3)17)15(18)16-13-9-7-11(2)8-10-13/h7-10,14H,4-6H2,1-3H3,(H,16,18)/t14-/m0/s1. The number of benzene rings is 1. The second-order valence-corrected chi connectivity index (χ2v) is 4.66. The molecule has 98 valence electrons. The van der Waals surface area contributed by atoms with E-state index >= 15 is 0 Å². The van der Waals surface area contributed by atoms with Gasteiger partial charge >= 0.3 is 0 Å². The van der Waals surface area contributed by atoms with Gasteiger partial charge in [0, 0.05) is 5.69 Å². The first kappa shape index (κ1) is 14.4. The Bertz CT molecular complexity index is 409. The predicted molar refractivity (Wildman–Crippen MR) is 73.5 cm³/mol. The molecule has 1 amide bonds. The topological polar surface area (TPSA) is 46.2 Å². The van der Waals surface area contributed by atoms with Crippen molar-refractivity contribution in [2.45, 2.75) is 40.0 Å². The molecule has 0 aliphatic rings. The number of anilines is 1. The number of hydrogen-bond donors (Lipinski definition) is 1. The van der Waals surface area contributed by atoms with Crippen LogP contribution in [-0.4, -0.2) is 11.7 Å². The van der Waals surface area contributed by atoms with E-state index in [0.29, 0.717) is 6.42 Å². The van der Waals surface area contributed by atoms with Crippen LogP contribution in [0.2, 0.25) is 0 Å². The Hall–Kier alpha value is -1.64. The summed E-state index contributed by atoms with van der Waals surface area (Å²) in [6, 6.07) is 7.57. The van der Waals surface area contributed by atoms with Gasteiger partial charge < -0.3 is 5.32 Å². The van der Waals surface area contributed by atoms with Gasteiger partial charge in [-0.05, 0) is 32.4 Å². The molecule has 0 unspecified atom stereocenters. The van der Waals surface area contributed by atoms with Crippen molar-refractivity contribution in [2.75, 3.05) is 5.32 Å². The summed E-state index contributed by atoms with van der Waals surface area (Å²) in [5.41, 5.74) is 1.88. The van der Waals surface area contributed by atoms with E-state index in [4.69, 9.17) is 0 Å². The van der Waals surface area contributed by atoms with Crippen LogP contribution < -0.4 is 5.32 Å². The molecular weight excluding hydrogens is 226 g/mol. The number of Topliss-reactive ketones (excluding diaryl/α,β-unsaturated/α-hetero) is 1. The molecule has 1 aromatic rings. The number of carbonyl (C=O) groups is 2. The highest BCUT2D eigenvalue weighted by Crippen LogP contribution is 2.15. The molecule has 3 heteroatoms. The van der Waals surface area contributed by atoms with E-state index in [-0.39, 0.29) is 11.7 Å². The summed E-state index contributed by atoms with van der Waals surface area (Å²) in [7, 11) is 0. The molecule has 1 atom stereocenters. The highest BCUT2D eigenvalue weighted by atomic mass is 16.2. The Kier molecular flexibility index (Phi) is 5.56. The van der Waals surface area contributed by atoms with Crippen LogP contribution >= 0.6 is 0 Å². The largest absolute Gasteiger partial charge is 0.325 e. The van der Waals surface area contributed by atoms with E-state index in [1.807, 2.05) is 31.2 Å². The maximum Gasteiger partial charge on any atom is 0.234 e. The summed E-state index contributed by atoms with van der Waals surface area (Å²) in [5.74, 6) is -0.779. The van der Waals surface area contributed by atoms with Crippen LogP contribution in [0.3, 0.4) is 0 Å². The van der Waals surface area contributed by atoms with E-state index < -0.39 is 5.92 Å².